The molecule has 1 aromatic heterocycles. The van der Waals surface area contributed by atoms with Gasteiger partial charge in [-0.25, -0.2) is 4.98 Å². The van der Waals surface area contributed by atoms with E-state index in [0.717, 1.165) is 5.56 Å². The number of hydrogen-bond donors (Lipinski definition) is 1. The lowest BCUT2D eigenvalue weighted by Crippen LogP contribution is -2.38. The molecule has 3 aromatic rings. The highest BCUT2D eigenvalue weighted by Gasteiger charge is 2.25. The summed E-state index contributed by atoms with van der Waals surface area (Å²) in [6.45, 7) is 4.27. The number of carbonyl (C=O) groups is 2. The third-order valence-corrected chi connectivity index (χ3v) is 5.63. The van der Waals surface area contributed by atoms with Gasteiger partial charge in [0.05, 0.1) is 11.4 Å². The van der Waals surface area contributed by atoms with Crippen LogP contribution in [-0.4, -0.2) is 36.7 Å². The summed E-state index contributed by atoms with van der Waals surface area (Å²) in [6, 6.07) is 10.6. The number of carbonyl (C=O) groups excluding carboxylic acids is 2. The highest BCUT2D eigenvalue weighted by Crippen LogP contribution is 2.37. The molecule has 0 fully saturated rings. The summed E-state index contributed by atoms with van der Waals surface area (Å²) < 4.78 is 16.1. The number of ether oxygens (including phenoxy) is 3. The third-order valence-electron chi connectivity index (χ3n) is 4.87. The Morgan fingerprint density at radius 2 is 2.00 bits per heavy atom. The van der Waals surface area contributed by atoms with E-state index in [1.54, 1.807) is 29.2 Å². The molecule has 2 amide bonds. The standard InChI is InChI=1S/C22H17N3O5S/c1-2-7-25-16-8-13(3-5-17(16)28-10-20(25)26)15-11-31-22(23-15)24-21(27)14-4-6-18-19(9-14)30-12-29-18/h2-6,8-9,11H,1,7,10,12H2,(H,23,24,27). The highest BCUT2D eigenvalue weighted by atomic mass is 32.1. The van der Waals surface area contributed by atoms with E-state index in [2.05, 4.69) is 16.9 Å². The Bertz CT molecular complexity index is 1210. The summed E-state index contributed by atoms with van der Waals surface area (Å²) in [7, 11) is 0. The quantitative estimate of drug-likeness (QED) is 0.615. The molecular weight excluding hydrogens is 418 g/mol. The van der Waals surface area contributed by atoms with Crippen molar-refractivity contribution in [1.29, 1.82) is 0 Å². The molecule has 0 saturated heterocycles. The van der Waals surface area contributed by atoms with E-state index in [1.165, 1.54) is 11.3 Å². The SMILES string of the molecule is C=CCN1C(=O)COc2ccc(-c3csc(NC(=O)c4ccc5c(c4)OCO5)n3)cc21. The van der Waals surface area contributed by atoms with E-state index in [4.69, 9.17) is 14.2 Å². The number of anilines is 2. The molecule has 2 aliphatic heterocycles. The van der Waals surface area contributed by atoms with E-state index in [0.29, 0.717) is 45.9 Å². The lowest BCUT2D eigenvalue weighted by Gasteiger charge is -2.28. The van der Waals surface area contributed by atoms with Crippen LogP contribution in [0.3, 0.4) is 0 Å². The number of aromatic nitrogens is 1. The first-order chi connectivity index (χ1) is 15.1. The molecule has 2 aliphatic rings. The first-order valence-electron chi connectivity index (χ1n) is 9.47. The molecule has 0 radical (unpaired) electrons. The molecule has 0 saturated carbocycles. The highest BCUT2D eigenvalue weighted by molar-refractivity contribution is 7.14. The predicted molar refractivity (Wildman–Crippen MR) is 116 cm³/mol. The summed E-state index contributed by atoms with van der Waals surface area (Å²) >= 11 is 1.31. The van der Waals surface area contributed by atoms with Gasteiger partial charge in [-0.15, -0.1) is 17.9 Å². The van der Waals surface area contributed by atoms with Crippen molar-refractivity contribution in [2.24, 2.45) is 0 Å². The number of thiazole rings is 1. The van der Waals surface area contributed by atoms with Gasteiger partial charge in [-0.3, -0.25) is 14.9 Å². The number of rotatable bonds is 5. The maximum absolute atomic E-state index is 12.6. The minimum Gasteiger partial charge on any atom is -0.482 e. The zero-order valence-corrected chi connectivity index (χ0v) is 17.1. The van der Waals surface area contributed by atoms with Crippen molar-refractivity contribution in [2.45, 2.75) is 0 Å². The van der Waals surface area contributed by atoms with E-state index in [1.807, 2.05) is 23.6 Å². The number of amides is 2. The molecule has 9 heteroatoms. The van der Waals surface area contributed by atoms with Crippen LogP contribution >= 0.6 is 11.3 Å². The average molecular weight is 435 g/mol. The molecular formula is C22H17N3O5S. The molecule has 0 atom stereocenters. The lowest BCUT2D eigenvalue weighted by atomic mass is 10.1. The third kappa shape index (κ3) is 3.59. The summed E-state index contributed by atoms with van der Waals surface area (Å²) in [4.78, 5) is 30.9. The summed E-state index contributed by atoms with van der Waals surface area (Å²) in [5, 5.41) is 5.12. The van der Waals surface area contributed by atoms with Gasteiger partial charge in [0.15, 0.2) is 23.2 Å². The maximum atomic E-state index is 12.6. The smallest absolute Gasteiger partial charge is 0.265 e. The van der Waals surface area contributed by atoms with Crippen LogP contribution in [0.15, 0.2) is 54.4 Å². The molecule has 3 heterocycles. The number of nitrogens with one attached hydrogen (secondary N) is 1. The summed E-state index contributed by atoms with van der Waals surface area (Å²) in [6.07, 6.45) is 1.67. The Balaban J connectivity index is 1.37. The molecule has 8 nitrogen and oxygen atoms in total. The monoisotopic (exact) mass is 435 g/mol. The average Bonchev–Trinajstić information content (AvgIpc) is 3.44. The van der Waals surface area contributed by atoms with Crippen LogP contribution in [0.1, 0.15) is 10.4 Å². The van der Waals surface area contributed by atoms with Gasteiger partial charge in [-0.1, -0.05) is 6.08 Å². The Morgan fingerprint density at radius 1 is 1.16 bits per heavy atom. The predicted octanol–water partition coefficient (Wildman–Crippen LogP) is 3.70. The van der Waals surface area contributed by atoms with E-state index >= 15 is 0 Å². The fraction of sp³-hybridized carbons (Fsp3) is 0.136. The second kappa shape index (κ2) is 7.77. The van der Waals surface area contributed by atoms with Gasteiger partial charge in [-0.05, 0) is 36.4 Å². The van der Waals surface area contributed by atoms with Crippen LogP contribution in [0, 0.1) is 0 Å². The first-order valence-corrected chi connectivity index (χ1v) is 10.4. The minimum absolute atomic E-state index is 0.00687. The summed E-state index contributed by atoms with van der Waals surface area (Å²) in [5.41, 5.74) is 2.62. The van der Waals surface area contributed by atoms with E-state index in [9.17, 15) is 9.59 Å². The normalized spacial score (nSPS) is 14.1. The van der Waals surface area contributed by atoms with Crippen molar-refractivity contribution in [3.05, 3.63) is 60.0 Å². The van der Waals surface area contributed by atoms with Crippen LogP contribution in [0.4, 0.5) is 10.8 Å². The Labute approximate surface area is 181 Å². The topological polar surface area (TPSA) is 90.0 Å². The molecule has 0 spiro atoms. The Morgan fingerprint density at radius 3 is 2.87 bits per heavy atom. The van der Waals surface area contributed by atoms with Gasteiger partial charge < -0.3 is 19.1 Å². The Hall–Kier alpha value is -3.85. The molecule has 5 rings (SSSR count). The largest absolute Gasteiger partial charge is 0.482 e. The van der Waals surface area contributed by atoms with Crippen molar-refractivity contribution < 1.29 is 23.8 Å². The van der Waals surface area contributed by atoms with Crippen LogP contribution in [-0.2, 0) is 4.79 Å². The molecule has 0 aliphatic carbocycles. The van der Waals surface area contributed by atoms with Gasteiger partial charge in [-0.2, -0.15) is 0 Å². The minimum atomic E-state index is -0.291. The fourth-order valence-corrected chi connectivity index (χ4v) is 4.08. The van der Waals surface area contributed by atoms with E-state index < -0.39 is 0 Å². The zero-order valence-electron chi connectivity index (χ0n) is 16.3. The van der Waals surface area contributed by atoms with Gasteiger partial charge in [0.2, 0.25) is 6.79 Å². The van der Waals surface area contributed by atoms with Gasteiger partial charge >= 0.3 is 0 Å². The van der Waals surface area contributed by atoms with Crippen molar-refractivity contribution in [3.63, 3.8) is 0 Å². The molecule has 31 heavy (non-hydrogen) atoms. The van der Waals surface area contributed by atoms with Crippen LogP contribution in [0.25, 0.3) is 11.3 Å². The second-order valence-electron chi connectivity index (χ2n) is 6.82. The molecule has 0 unspecified atom stereocenters. The fourth-order valence-electron chi connectivity index (χ4n) is 3.36. The van der Waals surface area contributed by atoms with Crippen molar-refractivity contribution in [3.8, 4) is 28.5 Å². The first kappa shape index (κ1) is 19.1. The number of hydrogen-bond acceptors (Lipinski definition) is 7. The number of nitrogens with zero attached hydrogens (tertiary/aromatic N) is 2. The van der Waals surface area contributed by atoms with Gasteiger partial charge in [0.1, 0.15) is 5.75 Å². The molecule has 0 bridgehead atoms. The van der Waals surface area contributed by atoms with Crippen molar-refractivity contribution in [2.75, 3.05) is 30.2 Å². The van der Waals surface area contributed by atoms with Crippen molar-refractivity contribution >= 4 is 34.0 Å². The van der Waals surface area contributed by atoms with Gasteiger partial charge in [0.25, 0.3) is 11.8 Å². The second-order valence-corrected chi connectivity index (χ2v) is 7.68. The van der Waals surface area contributed by atoms with Crippen LogP contribution in [0.5, 0.6) is 17.2 Å². The van der Waals surface area contributed by atoms with E-state index in [-0.39, 0.29) is 25.2 Å². The van der Waals surface area contributed by atoms with Crippen LogP contribution in [0.2, 0.25) is 0 Å². The zero-order chi connectivity index (χ0) is 21.4. The maximum Gasteiger partial charge on any atom is 0.265 e. The lowest BCUT2D eigenvalue weighted by molar-refractivity contribution is -0.121. The number of fused-ring (bicyclic) bond motifs is 2. The van der Waals surface area contributed by atoms with Gasteiger partial charge in [0, 0.05) is 23.1 Å². The summed E-state index contributed by atoms with van der Waals surface area (Å²) in [5.74, 6) is 1.38. The Kier molecular flexibility index (Phi) is 4.79. The molecule has 156 valence electrons. The molecule has 2 aromatic carbocycles. The molecule has 1 N–H and O–H groups in total. The van der Waals surface area contributed by atoms with Crippen LogP contribution < -0.4 is 24.4 Å². The van der Waals surface area contributed by atoms with Crippen molar-refractivity contribution in [1.82, 2.24) is 4.98 Å². The number of benzene rings is 2.